The molecular formula is C26H22F5NO2. The molecule has 0 heterocycles. The molecule has 3 aromatic rings. The first kappa shape index (κ1) is 25.0. The van der Waals surface area contributed by atoms with Gasteiger partial charge in [-0.3, -0.25) is 4.79 Å². The van der Waals surface area contributed by atoms with E-state index in [-0.39, 0.29) is 6.42 Å². The fraction of sp³-hybridized carbons (Fsp3) is 0.192. The van der Waals surface area contributed by atoms with Gasteiger partial charge >= 0.3 is 0 Å². The van der Waals surface area contributed by atoms with E-state index >= 15 is 0 Å². The molecule has 3 nitrogen and oxygen atoms in total. The number of carbonyl (C=O) groups excluding carboxylic acids is 1. The van der Waals surface area contributed by atoms with Gasteiger partial charge in [0.1, 0.15) is 11.4 Å². The van der Waals surface area contributed by atoms with Crippen LogP contribution in [0.1, 0.15) is 31.4 Å². The Kier molecular flexibility index (Phi) is 7.39. The molecule has 3 aromatic carbocycles. The number of rotatable bonds is 7. The van der Waals surface area contributed by atoms with Gasteiger partial charge in [-0.15, -0.1) is 0 Å². The molecule has 0 radical (unpaired) electrons. The summed E-state index contributed by atoms with van der Waals surface area (Å²) < 4.78 is 73.7. The molecule has 0 aliphatic carbocycles. The first-order valence-corrected chi connectivity index (χ1v) is 10.3. The number of anilines is 1. The molecule has 0 unspecified atom stereocenters. The highest BCUT2D eigenvalue weighted by molar-refractivity contribution is 5.97. The summed E-state index contributed by atoms with van der Waals surface area (Å²) in [6.07, 6.45) is 1.95. The van der Waals surface area contributed by atoms with Crippen LogP contribution in [0.4, 0.5) is 27.6 Å². The Morgan fingerprint density at radius 1 is 0.853 bits per heavy atom. The van der Waals surface area contributed by atoms with Crippen molar-refractivity contribution in [1.29, 1.82) is 0 Å². The molecule has 8 heteroatoms. The summed E-state index contributed by atoms with van der Waals surface area (Å²) in [5.74, 6) is -11.0. The number of carbonyl (C=O) groups is 1. The molecule has 1 amide bonds. The number of ether oxygens (including phenoxy) is 1. The monoisotopic (exact) mass is 475 g/mol. The average molecular weight is 475 g/mol. The lowest BCUT2D eigenvalue weighted by Gasteiger charge is -2.26. The van der Waals surface area contributed by atoms with E-state index in [0.717, 1.165) is 16.7 Å². The quantitative estimate of drug-likeness (QED) is 0.173. The first-order chi connectivity index (χ1) is 16.0. The molecule has 0 bridgehead atoms. The molecule has 0 spiro atoms. The van der Waals surface area contributed by atoms with Crippen molar-refractivity contribution in [3.05, 3.63) is 94.8 Å². The Balaban J connectivity index is 1.94. The number of nitrogens with one attached hydrogen (secondary N) is 1. The predicted molar refractivity (Wildman–Crippen MR) is 121 cm³/mol. The molecule has 0 fully saturated rings. The molecule has 0 atom stereocenters. The first-order valence-electron chi connectivity index (χ1n) is 10.3. The second-order valence-corrected chi connectivity index (χ2v) is 8.27. The molecule has 0 aliphatic heterocycles. The van der Waals surface area contributed by atoms with Crippen molar-refractivity contribution in [1.82, 2.24) is 0 Å². The maximum Gasteiger partial charge on any atom is 0.230 e. The Hall–Kier alpha value is -3.68. The third-order valence-corrected chi connectivity index (χ3v) is 5.30. The van der Waals surface area contributed by atoms with Crippen molar-refractivity contribution in [3.8, 4) is 5.75 Å². The summed E-state index contributed by atoms with van der Waals surface area (Å²) >= 11 is 0. The van der Waals surface area contributed by atoms with E-state index in [4.69, 9.17) is 4.74 Å². The van der Waals surface area contributed by atoms with Crippen molar-refractivity contribution in [2.45, 2.75) is 20.3 Å². The smallest absolute Gasteiger partial charge is 0.230 e. The molecule has 0 aromatic heterocycles. The van der Waals surface area contributed by atoms with Gasteiger partial charge < -0.3 is 10.1 Å². The number of hydrogen-bond donors (Lipinski definition) is 1. The van der Waals surface area contributed by atoms with Gasteiger partial charge in [0.25, 0.3) is 0 Å². The lowest BCUT2D eigenvalue weighted by Crippen LogP contribution is -2.32. The van der Waals surface area contributed by atoms with Crippen LogP contribution in [0.25, 0.3) is 11.6 Å². The van der Waals surface area contributed by atoms with Crippen LogP contribution in [0.3, 0.4) is 0 Å². The zero-order chi connectivity index (χ0) is 25.0. The zero-order valence-electron chi connectivity index (χ0n) is 18.7. The highest BCUT2D eigenvalue weighted by atomic mass is 19.2. The molecule has 178 valence electrons. The maximum absolute atomic E-state index is 14.1. The number of methoxy groups -OCH3 is 1. The Labute approximate surface area is 193 Å². The number of allylic oxidation sites excluding steroid dienone is 1. The van der Waals surface area contributed by atoms with Gasteiger partial charge in [0.05, 0.1) is 7.11 Å². The lowest BCUT2D eigenvalue weighted by atomic mass is 9.81. The van der Waals surface area contributed by atoms with Gasteiger partial charge in [-0.1, -0.05) is 62.4 Å². The molecule has 0 aliphatic rings. The zero-order valence-corrected chi connectivity index (χ0v) is 18.7. The summed E-state index contributed by atoms with van der Waals surface area (Å²) in [5.41, 5.74) is -0.321. The van der Waals surface area contributed by atoms with Gasteiger partial charge in [0.15, 0.2) is 23.3 Å². The minimum absolute atomic E-state index is 0.101. The van der Waals surface area contributed by atoms with E-state index in [1.807, 2.05) is 53.9 Å². The normalized spacial score (nSPS) is 11.9. The number of benzene rings is 3. The van der Waals surface area contributed by atoms with Crippen molar-refractivity contribution in [3.63, 3.8) is 0 Å². The second-order valence-electron chi connectivity index (χ2n) is 8.27. The molecule has 0 saturated carbocycles. The Morgan fingerprint density at radius 3 is 1.91 bits per heavy atom. The van der Waals surface area contributed by atoms with Gasteiger partial charge in [-0.25, -0.2) is 22.0 Å². The van der Waals surface area contributed by atoms with E-state index in [9.17, 15) is 26.7 Å². The van der Waals surface area contributed by atoms with E-state index in [0.29, 0.717) is 5.75 Å². The van der Waals surface area contributed by atoms with Crippen LogP contribution in [-0.2, 0) is 4.79 Å². The largest absolute Gasteiger partial charge is 0.497 e. The highest BCUT2D eigenvalue weighted by Gasteiger charge is 2.33. The predicted octanol–water partition coefficient (Wildman–Crippen LogP) is 6.99. The van der Waals surface area contributed by atoms with E-state index in [1.165, 1.54) is 13.8 Å². The summed E-state index contributed by atoms with van der Waals surface area (Å²) in [5, 5.41) is 1.88. The fourth-order valence-electron chi connectivity index (χ4n) is 3.34. The van der Waals surface area contributed by atoms with Crippen LogP contribution in [-0.4, -0.2) is 13.0 Å². The summed E-state index contributed by atoms with van der Waals surface area (Å²) in [6, 6.07) is 16.3. The lowest BCUT2D eigenvalue weighted by molar-refractivity contribution is -0.123. The van der Waals surface area contributed by atoms with Gasteiger partial charge in [-0.2, -0.15) is 0 Å². The van der Waals surface area contributed by atoms with Crippen molar-refractivity contribution < 1.29 is 31.5 Å². The third-order valence-electron chi connectivity index (χ3n) is 5.30. The van der Waals surface area contributed by atoms with Crippen molar-refractivity contribution >= 4 is 23.2 Å². The molecular weight excluding hydrogens is 453 g/mol. The van der Waals surface area contributed by atoms with E-state index in [1.54, 1.807) is 19.2 Å². The average Bonchev–Trinajstić information content (AvgIpc) is 2.84. The van der Waals surface area contributed by atoms with Gasteiger partial charge in [-0.05, 0) is 35.3 Å². The van der Waals surface area contributed by atoms with Crippen LogP contribution >= 0.6 is 0 Å². The van der Waals surface area contributed by atoms with Crippen LogP contribution < -0.4 is 10.1 Å². The summed E-state index contributed by atoms with van der Waals surface area (Å²) in [7, 11) is 1.55. The molecule has 0 saturated heterocycles. The number of hydrogen-bond acceptors (Lipinski definition) is 2. The van der Waals surface area contributed by atoms with E-state index < -0.39 is 46.1 Å². The van der Waals surface area contributed by atoms with Gasteiger partial charge in [0, 0.05) is 5.41 Å². The molecule has 34 heavy (non-hydrogen) atoms. The van der Waals surface area contributed by atoms with Crippen molar-refractivity contribution in [2.75, 3.05) is 12.4 Å². The topological polar surface area (TPSA) is 38.3 Å². The van der Waals surface area contributed by atoms with Crippen LogP contribution in [0.15, 0.2) is 54.6 Å². The van der Waals surface area contributed by atoms with Crippen molar-refractivity contribution in [2.24, 2.45) is 5.41 Å². The number of amides is 1. The fourth-order valence-corrected chi connectivity index (χ4v) is 3.34. The van der Waals surface area contributed by atoms with Crippen LogP contribution in [0.5, 0.6) is 5.75 Å². The Morgan fingerprint density at radius 2 is 1.38 bits per heavy atom. The standard InChI is InChI=1S/C26H22F5NO2/c1-26(2,25(33)32-24-22(30)20(28)19(27)21(29)23(24)31)14-17(16-7-5-4-6-8-16)13-15-9-11-18(34-3)12-10-15/h4-13H,14H2,1-3H3,(H,32,33)/b17-13-. The molecule has 3 rings (SSSR count). The SMILES string of the molecule is COc1ccc(/C=C(/CC(C)(C)C(=O)Nc2c(F)c(F)c(F)c(F)c2F)c2ccccc2)cc1. The minimum Gasteiger partial charge on any atom is -0.497 e. The summed E-state index contributed by atoms with van der Waals surface area (Å²) in [6.45, 7) is 3.03. The third kappa shape index (κ3) is 5.27. The van der Waals surface area contributed by atoms with E-state index in [2.05, 4.69) is 0 Å². The van der Waals surface area contributed by atoms with Crippen LogP contribution in [0.2, 0.25) is 0 Å². The maximum atomic E-state index is 14.1. The minimum atomic E-state index is -2.29. The molecule has 1 N–H and O–H groups in total. The highest BCUT2D eigenvalue weighted by Crippen LogP contribution is 2.35. The summed E-state index contributed by atoms with van der Waals surface area (Å²) in [4.78, 5) is 12.9. The second kappa shape index (κ2) is 10.1. The van der Waals surface area contributed by atoms with Gasteiger partial charge in [0.2, 0.25) is 11.7 Å². The Bertz CT molecular complexity index is 1190. The number of halogens is 5. The van der Waals surface area contributed by atoms with Crippen LogP contribution in [0, 0.1) is 34.5 Å².